The Bertz CT molecular complexity index is 2210. The van der Waals surface area contributed by atoms with Crippen LogP contribution in [0.15, 0.2) is 97.6 Å². The van der Waals surface area contributed by atoms with Crippen molar-refractivity contribution in [3.05, 3.63) is 139 Å². The van der Waals surface area contributed by atoms with Gasteiger partial charge in [-0.15, -0.1) is 0 Å². The van der Waals surface area contributed by atoms with Crippen molar-refractivity contribution in [3.8, 4) is 0 Å². The summed E-state index contributed by atoms with van der Waals surface area (Å²) in [5, 5.41) is 13.8. The second-order valence-electron chi connectivity index (χ2n) is 15.6. The topological polar surface area (TPSA) is 147 Å². The first-order valence-electron chi connectivity index (χ1n) is 18.9. The van der Waals surface area contributed by atoms with Crippen LogP contribution in [0.25, 0.3) is 0 Å². The smallest absolute Gasteiger partial charge is 0.399 e. The number of anilines is 1. The molecule has 4 aliphatic rings. The first-order chi connectivity index (χ1) is 28.8. The number of hydrogen-bond donors (Lipinski definition) is 2. The van der Waals surface area contributed by atoms with Crippen LogP contribution in [0.4, 0.5) is 14.6 Å². The molecule has 322 valence electrons. The first-order valence-corrected chi connectivity index (χ1v) is 21.1. The van der Waals surface area contributed by atoms with Gasteiger partial charge >= 0.3 is 7.12 Å². The summed E-state index contributed by atoms with van der Waals surface area (Å²) in [6.45, 7) is 8.93. The van der Waals surface area contributed by atoms with Crippen LogP contribution in [0.2, 0.25) is 15.5 Å². The van der Waals surface area contributed by atoms with Crippen LogP contribution in [0.5, 0.6) is 0 Å². The Labute approximate surface area is 381 Å². The van der Waals surface area contributed by atoms with E-state index in [0.717, 1.165) is 14.6 Å². The molecule has 5 aromatic rings. The second kappa shape index (κ2) is 19.5. The number of carbonyl (C=O) groups is 1. The van der Waals surface area contributed by atoms with Crippen molar-refractivity contribution in [2.24, 2.45) is 0 Å². The molecule has 2 N–H and O–H groups in total. The van der Waals surface area contributed by atoms with Gasteiger partial charge in [0.2, 0.25) is 0 Å². The van der Waals surface area contributed by atoms with Crippen LogP contribution in [-0.4, -0.2) is 88.9 Å². The van der Waals surface area contributed by atoms with Crippen molar-refractivity contribution in [2.75, 3.05) is 45.0 Å². The highest BCUT2D eigenvalue weighted by Crippen LogP contribution is 2.37. The van der Waals surface area contributed by atoms with Crippen LogP contribution in [0, 0.1) is 3.57 Å². The number of hydrogen-bond acceptors (Lipinski definition) is 11. The molecule has 9 rings (SSSR count). The van der Waals surface area contributed by atoms with E-state index in [1.165, 1.54) is 18.5 Å². The highest BCUT2D eigenvalue weighted by atomic mass is 127. The number of aromatic nitrogens is 4. The molecule has 1 aromatic carbocycles. The van der Waals surface area contributed by atoms with Crippen LogP contribution < -0.4 is 10.8 Å². The molecule has 0 aliphatic carbocycles. The Morgan fingerprint density at radius 2 is 1.10 bits per heavy atom. The minimum absolute atomic E-state index is 0.0186. The molecule has 4 saturated heterocycles. The quantitative estimate of drug-likeness (QED) is 0.0968. The highest BCUT2D eigenvalue weighted by molar-refractivity contribution is 14.1. The Morgan fingerprint density at radius 3 is 1.52 bits per heavy atom. The predicted molar refractivity (Wildman–Crippen MR) is 237 cm³/mol. The Morgan fingerprint density at radius 1 is 0.656 bits per heavy atom. The largest absolute Gasteiger partial charge is 0.494 e. The number of rotatable bonds is 6. The average Bonchev–Trinajstić information content (AvgIpc) is 3.41. The molecule has 12 nitrogen and oxygen atoms in total. The molecule has 19 heteroatoms. The third kappa shape index (κ3) is 11.8. The van der Waals surface area contributed by atoms with Crippen LogP contribution >= 0.6 is 57.4 Å². The van der Waals surface area contributed by atoms with E-state index >= 15 is 0 Å². The van der Waals surface area contributed by atoms with E-state index in [1.54, 1.807) is 54.9 Å². The Hall–Kier alpha value is -3.43. The van der Waals surface area contributed by atoms with E-state index in [2.05, 4.69) is 47.8 Å². The van der Waals surface area contributed by atoms with E-state index in [0.29, 0.717) is 51.2 Å². The van der Waals surface area contributed by atoms with Crippen LogP contribution in [0.3, 0.4) is 0 Å². The van der Waals surface area contributed by atoms with Gasteiger partial charge in [-0.1, -0.05) is 46.9 Å². The van der Waals surface area contributed by atoms with Gasteiger partial charge in [0.05, 0.1) is 50.8 Å². The highest BCUT2D eigenvalue weighted by Gasteiger charge is 2.51. The molecule has 0 atom stereocenters. The number of aliphatic hydroxyl groups is 1. The molecular weight excluding hydrogens is 969 g/mol. The number of benzene rings is 1. The fourth-order valence-electron chi connectivity index (χ4n) is 5.85. The maximum atomic E-state index is 14.5. The number of pyridine rings is 4. The van der Waals surface area contributed by atoms with Gasteiger partial charge in [0, 0.05) is 33.9 Å². The number of amides is 1. The molecule has 4 aromatic heterocycles. The van der Waals surface area contributed by atoms with E-state index in [-0.39, 0.29) is 32.3 Å². The molecule has 0 spiro atoms. The van der Waals surface area contributed by atoms with Gasteiger partial charge in [0.15, 0.2) is 11.3 Å². The lowest BCUT2D eigenvalue weighted by atomic mass is 9.79. The molecule has 0 radical (unpaired) electrons. The lowest BCUT2D eigenvalue weighted by Gasteiger charge is -2.36. The number of alkyl halides is 2. The fraction of sp³-hybridized carbons (Fsp3) is 0.357. The molecule has 61 heavy (non-hydrogen) atoms. The normalized spacial score (nSPS) is 19.4. The van der Waals surface area contributed by atoms with Gasteiger partial charge in [-0.3, -0.25) is 4.79 Å². The lowest BCUT2D eigenvalue weighted by molar-refractivity contribution is -0.184. The summed E-state index contributed by atoms with van der Waals surface area (Å²) in [5.41, 5.74) is -1.48. The molecule has 0 bridgehead atoms. The second-order valence-corrected chi connectivity index (χ2v) is 18.0. The monoisotopic (exact) mass is 1010 g/mol. The number of ether oxygens (including phenoxy) is 3. The van der Waals surface area contributed by atoms with E-state index in [9.17, 15) is 18.7 Å². The fourth-order valence-corrected chi connectivity index (χ4v) is 7.01. The molecular formula is C42H42BCl3F2IN5O7. The Balaban J connectivity index is 0.000000159. The number of carbonyl (C=O) groups excluding carboxylic acids is 1. The summed E-state index contributed by atoms with van der Waals surface area (Å²) in [5.74, 6) is -0.0284. The van der Waals surface area contributed by atoms with Crippen molar-refractivity contribution in [1.29, 1.82) is 0 Å². The van der Waals surface area contributed by atoms with Gasteiger partial charge in [0.25, 0.3) is 5.91 Å². The summed E-state index contributed by atoms with van der Waals surface area (Å²) in [6, 6.07) is 20.4. The number of nitrogens with one attached hydrogen (secondary N) is 1. The van der Waals surface area contributed by atoms with Gasteiger partial charge in [-0.05, 0) is 133 Å². The molecule has 0 unspecified atom stereocenters. The molecule has 4 aliphatic heterocycles. The zero-order chi connectivity index (χ0) is 44.1. The SMILES string of the molecule is CC1(C)OB(c2ccc(C(=O)Nc3cc(C4(F)COC4)ccn3)cc2)OC1(C)C.Clc1cc(I)ccn1.FC1(c2ccnc(Cl)c2)COC1.OC1(c2ccnc(Cl)c2)COC1. The first kappa shape index (κ1) is 47.1. The van der Waals surface area contributed by atoms with Crippen molar-refractivity contribution >= 4 is 81.7 Å². The minimum atomic E-state index is -1.51. The van der Waals surface area contributed by atoms with E-state index in [4.69, 9.17) is 58.3 Å². The van der Waals surface area contributed by atoms with Crippen molar-refractivity contribution in [2.45, 2.75) is 55.8 Å². The predicted octanol–water partition coefficient (Wildman–Crippen LogP) is 8.05. The van der Waals surface area contributed by atoms with Gasteiger partial charge in [-0.25, -0.2) is 28.7 Å². The summed E-state index contributed by atoms with van der Waals surface area (Å²) in [6.07, 6.45) is 6.24. The van der Waals surface area contributed by atoms with E-state index < -0.39 is 35.3 Å². The van der Waals surface area contributed by atoms with Gasteiger partial charge in [0.1, 0.15) is 26.9 Å². The van der Waals surface area contributed by atoms with Gasteiger partial charge < -0.3 is 33.9 Å². The van der Waals surface area contributed by atoms with Crippen molar-refractivity contribution in [3.63, 3.8) is 0 Å². The van der Waals surface area contributed by atoms with Gasteiger partial charge in [-0.2, -0.15) is 0 Å². The minimum Gasteiger partial charge on any atom is -0.399 e. The summed E-state index contributed by atoms with van der Waals surface area (Å²) in [7, 11) is -0.485. The third-order valence-electron chi connectivity index (χ3n) is 10.4. The zero-order valence-electron chi connectivity index (χ0n) is 33.5. The van der Waals surface area contributed by atoms with Crippen molar-refractivity contribution in [1.82, 2.24) is 19.9 Å². The van der Waals surface area contributed by atoms with Crippen LogP contribution in [0.1, 0.15) is 54.7 Å². The third-order valence-corrected chi connectivity index (χ3v) is 11.7. The summed E-state index contributed by atoms with van der Waals surface area (Å²) in [4.78, 5) is 28.1. The number of halogens is 6. The maximum absolute atomic E-state index is 14.5. The van der Waals surface area contributed by atoms with Crippen LogP contribution in [-0.2, 0) is 40.5 Å². The lowest BCUT2D eigenvalue weighted by Crippen LogP contribution is -2.46. The molecule has 1 amide bonds. The maximum Gasteiger partial charge on any atom is 0.494 e. The summed E-state index contributed by atoms with van der Waals surface area (Å²) < 4.78 is 55.9. The molecule has 8 heterocycles. The van der Waals surface area contributed by atoms with E-state index in [1.807, 2.05) is 52.0 Å². The standard InChI is InChI=1S/C21H24BFN2O4.C8H7ClFNO.C8H8ClNO2.C5H3ClIN/c1-19(2)20(3,4)29-22(28-19)16-7-5-14(6-8-16)18(26)25-17-11-15(9-10-24-17)21(23)12-27-13-21;9-7-3-6(1-2-11-7)8(10)4-12-5-8;9-7-3-6(1-2-10-7)8(11)4-12-5-8;6-5-3-4(7)1-2-8-5/h5-11H,12-13H2,1-4H3,(H,24,25,26);1-3H,4-5H2;1-3,11H,4-5H2;1-3H. The zero-order valence-corrected chi connectivity index (χ0v) is 37.9. The summed E-state index contributed by atoms with van der Waals surface area (Å²) >= 11 is 19.0. The number of nitrogens with zero attached hydrogens (tertiary/aromatic N) is 4. The Kier molecular flexibility index (Phi) is 15.1. The molecule has 0 saturated carbocycles. The van der Waals surface area contributed by atoms with Crippen molar-refractivity contribution < 1.29 is 42.2 Å². The molecule has 4 fully saturated rings. The average molecular weight is 1010 g/mol.